The maximum atomic E-state index is 13.4. The fourth-order valence-corrected chi connectivity index (χ4v) is 2.07. The first-order chi connectivity index (χ1) is 7.79. The van der Waals surface area contributed by atoms with Gasteiger partial charge in [0, 0.05) is 18.4 Å². The van der Waals surface area contributed by atoms with Crippen LogP contribution in [-0.4, -0.2) is 21.8 Å². The van der Waals surface area contributed by atoms with Crippen molar-refractivity contribution in [2.24, 2.45) is 0 Å². The summed E-state index contributed by atoms with van der Waals surface area (Å²) in [5, 5.41) is 0. The maximum absolute atomic E-state index is 13.4. The van der Waals surface area contributed by atoms with Crippen molar-refractivity contribution >= 4 is 9.84 Å². The van der Waals surface area contributed by atoms with Crippen molar-refractivity contribution in [2.45, 2.75) is 11.4 Å². The Morgan fingerprint density at radius 3 is 2.35 bits per heavy atom. The molecule has 0 fully saturated rings. The lowest BCUT2D eigenvalue weighted by Crippen LogP contribution is -2.15. The third-order valence-electron chi connectivity index (χ3n) is 1.97. The van der Waals surface area contributed by atoms with Crippen molar-refractivity contribution in [1.82, 2.24) is 5.48 Å². The lowest BCUT2D eigenvalue weighted by atomic mass is 10.2. The minimum absolute atomic E-state index is 0.291. The van der Waals surface area contributed by atoms with Gasteiger partial charge in [-0.1, -0.05) is 0 Å². The molecule has 0 heterocycles. The van der Waals surface area contributed by atoms with E-state index in [2.05, 4.69) is 10.3 Å². The fraction of sp³-hybridized carbons (Fsp3) is 0.333. The average Bonchev–Trinajstić information content (AvgIpc) is 2.19. The minimum atomic E-state index is -4.17. The molecule has 0 aromatic heterocycles. The third-order valence-corrected chi connectivity index (χ3v) is 3.09. The Balaban J connectivity index is 3.37. The summed E-state index contributed by atoms with van der Waals surface area (Å²) in [7, 11) is -2.92. The number of rotatable bonds is 4. The van der Waals surface area contributed by atoms with Crippen molar-refractivity contribution in [3.63, 3.8) is 0 Å². The summed E-state index contributed by atoms with van der Waals surface area (Å²) in [6.45, 7) is -0.291. The third kappa shape index (κ3) is 2.96. The number of hydrogen-bond acceptors (Lipinski definition) is 4. The van der Waals surface area contributed by atoms with Crippen molar-refractivity contribution in [1.29, 1.82) is 0 Å². The van der Waals surface area contributed by atoms with Crippen LogP contribution in [-0.2, 0) is 21.2 Å². The second kappa shape index (κ2) is 5.03. The standard InChI is InChI=1S/C9H10F3NO3S/c1-16-13-4-5-3-6(10)9(17(2,14)15)8(12)7(5)11/h3,13H,4H2,1-2H3. The molecule has 0 spiro atoms. The average molecular weight is 269 g/mol. The summed E-state index contributed by atoms with van der Waals surface area (Å²) in [6.07, 6.45) is 0.598. The van der Waals surface area contributed by atoms with Gasteiger partial charge in [0.1, 0.15) is 10.7 Å². The van der Waals surface area contributed by atoms with Crippen LogP contribution in [0.3, 0.4) is 0 Å². The molecule has 0 bridgehead atoms. The van der Waals surface area contributed by atoms with Gasteiger partial charge in [-0.2, -0.15) is 5.48 Å². The monoisotopic (exact) mass is 269 g/mol. The normalized spacial score (nSPS) is 11.8. The van der Waals surface area contributed by atoms with E-state index in [-0.39, 0.29) is 12.1 Å². The predicted molar refractivity (Wildman–Crippen MR) is 53.3 cm³/mol. The van der Waals surface area contributed by atoms with Crippen LogP contribution in [0.5, 0.6) is 0 Å². The summed E-state index contributed by atoms with van der Waals surface area (Å²) in [5.41, 5.74) is 1.83. The first-order valence-electron chi connectivity index (χ1n) is 4.41. The van der Waals surface area contributed by atoms with E-state index >= 15 is 0 Å². The van der Waals surface area contributed by atoms with Crippen molar-refractivity contribution in [3.8, 4) is 0 Å². The topological polar surface area (TPSA) is 55.4 Å². The smallest absolute Gasteiger partial charge is 0.181 e. The molecular weight excluding hydrogens is 259 g/mol. The number of sulfone groups is 1. The van der Waals surface area contributed by atoms with Crippen molar-refractivity contribution in [3.05, 3.63) is 29.1 Å². The first-order valence-corrected chi connectivity index (χ1v) is 6.30. The molecule has 8 heteroatoms. The van der Waals surface area contributed by atoms with Gasteiger partial charge in [-0.15, -0.1) is 0 Å². The number of nitrogens with one attached hydrogen (secondary N) is 1. The summed E-state index contributed by atoms with van der Waals surface area (Å²) >= 11 is 0. The van der Waals surface area contributed by atoms with Crippen LogP contribution in [0.15, 0.2) is 11.0 Å². The number of benzene rings is 1. The molecule has 0 radical (unpaired) electrons. The highest BCUT2D eigenvalue weighted by Gasteiger charge is 2.25. The summed E-state index contributed by atoms with van der Waals surface area (Å²) in [5.74, 6) is -4.48. The quantitative estimate of drug-likeness (QED) is 0.658. The molecule has 1 N–H and O–H groups in total. The van der Waals surface area contributed by atoms with Gasteiger partial charge in [0.2, 0.25) is 0 Å². The molecule has 0 aliphatic rings. The van der Waals surface area contributed by atoms with Crippen LogP contribution in [0.2, 0.25) is 0 Å². The van der Waals surface area contributed by atoms with Gasteiger partial charge >= 0.3 is 0 Å². The molecule has 1 rings (SSSR count). The zero-order valence-corrected chi connectivity index (χ0v) is 9.87. The van der Waals surface area contributed by atoms with E-state index < -0.39 is 32.2 Å². The van der Waals surface area contributed by atoms with E-state index in [9.17, 15) is 21.6 Å². The van der Waals surface area contributed by atoms with Crippen LogP contribution < -0.4 is 5.48 Å². The SMILES string of the molecule is CONCc1cc(F)c(S(C)(=O)=O)c(F)c1F. The molecule has 0 atom stereocenters. The molecule has 1 aromatic carbocycles. The first kappa shape index (κ1) is 13.9. The van der Waals surface area contributed by atoms with Gasteiger partial charge in [-0.3, -0.25) is 0 Å². The van der Waals surface area contributed by atoms with E-state index in [0.717, 1.165) is 0 Å². The van der Waals surface area contributed by atoms with Crippen LogP contribution in [0.4, 0.5) is 13.2 Å². The number of halogens is 3. The second-order valence-electron chi connectivity index (χ2n) is 3.27. The summed E-state index contributed by atoms with van der Waals surface area (Å²) < 4.78 is 62.3. The van der Waals surface area contributed by atoms with Crippen molar-refractivity contribution in [2.75, 3.05) is 13.4 Å². The van der Waals surface area contributed by atoms with E-state index in [0.29, 0.717) is 12.3 Å². The molecule has 1 aromatic rings. The lowest BCUT2D eigenvalue weighted by molar-refractivity contribution is 0.0856. The maximum Gasteiger partial charge on any atom is 0.181 e. The number of hydroxylamine groups is 1. The van der Waals surface area contributed by atoms with Crippen LogP contribution in [0.25, 0.3) is 0 Å². The molecule has 96 valence electrons. The summed E-state index contributed by atoms with van der Waals surface area (Å²) in [4.78, 5) is 3.13. The van der Waals surface area contributed by atoms with E-state index in [1.54, 1.807) is 0 Å². The van der Waals surface area contributed by atoms with Gasteiger partial charge in [0.05, 0.1) is 7.11 Å². The Hall–Kier alpha value is -1.12. The van der Waals surface area contributed by atoms with Gasteiger partial charge in [-0.05, 0) is 6.07 Å². The Morgan fingerprint density at radius 2 is 1.88 bits per heavy atom. The fourth-order valence-electron chi connectivity index (χ4n) is 1.25. The Morgan fingerprint density at radius 1 is 1.29 bits per heavy atom. The highest BCUT2D eigenvalue weighted by molar-refractivity contribution is 7.90. The molecule has 0 amide bonds. The van der Waals surface area contributed by atoms with E-state index in [1.165, 1.54) is 7.11 Å². The second-order valence-corrected chi connectivity index (χ2v) is 5.22. The zero-order valence-electron chi connectivity index (χ0n) is 9.05. The van der Waals surface area contributed by atoms with Gasteiger partial charge < -0.3 is 4.84 Å². The highest BCUT2D eigenvalue weighted by atomic mass is 32.2. The Bertz CT molecular complexity index is 531. The Labute approximate surface area is 96.3 Å². The van der Waals surface area contributed by atoms with E-state index in [4.69, 9.17) is 0 Å². The largest absolute Gasteiger partial charge is 0.305 e. The molecule has 4 nitrogen and oxygen atoms in total. The molecule has 0 saturated carbocycles. The highest BCUT2D eigenvalue weighted by Crippen LogP contribution is 2.24. The van der Waals surface area contributed by atoms with Gasteiger partial charge in [0.25, 0.3) is 0 Å². The van der Waals surface area contributed by atoms with E-state index in [1.807, 2.05) is 0 Å². The summed E-state index contributed by atoms with van der Waals surface area (Å²) in [6, 6.07) is 0.612. The van der Waals surface area contributed by atoms with Crippen LogP contribution >= 0.6 is 0 Å². The molecule has 0 unspecified atom stereocenters. The number of hydrogen-bond donors (Lipinski definition) is 1. The van der Waals surface area contributed by atoms with Gasteiger partial charge in [0.15, 0.2) is 21.5 Å². The molecule has 0 aliphatic heterocycles. The molecule has 17 heavy (non-hydrogen) atoms. The predicted octanol–water partition coefficient (Wildman–Crippen LogP) is 1.16. The molecule has 0 saturated heterocycles. The molecular formula is C9H10F3NO3S. The van der Waals surface area contributed by atoms with Crippen molar-refractivity contribution < 1.29 is 26.4 Å². The Kier molecular flexibility index (Phi) is 4.12. The minimum Gasteiger partial charge on any atom is -0.305 e. The lowest BCUT2D eigenvalue weighted by Gasteiger charge is -2.08. The zero-order chi connectivity index (χ0) is 13.2. The molecule has 0 aliphatic carbocycles. The van der Waals surface area contributed by atoms with Gasteiger partial charge in [-0.25, -0.2) is 21.6 Å². The van der Waals surface area contributed by atoms with Crippen LogP contribution in [0.1, 0.15) is 5.56 Å². The van der Waals surface area contributed by atoms with Crippen LogP contribution in [0, 0.1) is 17.5 Å².